The maximum absolute atomic E-state index is 14.3. The molecule has 1 aromatic rings. The summed E-state index contributed by atoms with van der Waals surface area (Å²) in [7, 11) is 0. The van der Waals surface area contributed by atoms with Gasteiger partial charge in [-0.25, -0.2) is 0 Å². The van der Waals surface area contributed by atoms with Gasteiger partial charge in [0, 0.05) is 17.5 Å². The van der Waals surface area contributed by atoms with Crippen LogP contribution >= 0.6 is 11.8 Å². The van der Waals surface area contributed by atoms with Crippen molar-refractivity contribution in [1.29, 1.82) is 0 Å². The number of anilines is 1. The van der Waals surface area contributed by atoms with Gasteiger partial charge < -0.3 is 20.0 Å². The van der Waals surface area contributed by atoms with Crippen molar-refractivity contribution >= 4 is 35.2 Å². The number of carboxylic acid groups (broad SMARTS) is 1. The summed E-state index contributed by atoms with van der Waals surface area (Å²) in [6.07, 6.45) is 3.43. The third-order valence-electron chi connectivity index (χ3n) is 7.57. The zero-order valence-corrected chi connectivity index (χ0v) is 20.2. The minimum absolute atomic E-state index is 0.170. The summed E-state index contributed by atoms with van der Waals surface area (Å²) in [6, 6.07) is 4.54. The second-order valence-corrected chi connectivity index (χ2v) is 11.0. The Bertz CT molecular complexity index is 993. The molecule has 0 aromatic heterocycles. The van der Waals surface area contributed by atoms with Crippen LogP contribution in [0, 0.1) is 25.7 Å². The molecule has 3 aliphatic heterocycles. The summed E-state index contributed by atoms with van der Waals surface area (Å²) in [5, 5.41) is 19.9. The SMILES string of the molecule is C=CCN(C(=O)C1N([C@@H](CC)CO)C(=O)[C@@H]2[C@@H](C(=O)O)[C@H]3CCC12S3)c1cc(C)ccc1C. The van der Waals surface area contributed by atoms with E-state index in [1.165, 1.54) is 16.7 Å². The first-order valence-corrected chi connectivity index (χ1v) is 12.4. The molecular formula is C25H32N2O5S. The van der Waals surface area contributed by atoms with E-state index in [9.17, 15) is 24.6 Å². The normalized spacial score (nSPS) is 30.9. The standard InChI is InChI=1S/C25H32N2O5S/c1-5-11-26(17-12-14(3)7-8-15(17)4)23(30)21-25-10-9-18(33-25)19(24(31)32)20(25)22(29)27(21)16(6-2)13-28/h5,7-8,12,16,18-21,28H,1,6,9-11,13H2,2-4H3,(H,31,32)/t16-,18+,19-,20-,21?,25?/m0/s1. The Morgan fingerprint density at radius 1 is 1.39 bits per heavy atom. The predicted octanol–water partition coefficient (Wildman–Crippen LogP) is 2.77. The number of aliphatic carboxylic acids is 1. The number of thioether (sulfide) groups is 1. The molecule has 6 atom stereocenters. The predicted molar refractivity (Wildman–Crippen MR) is 128 cm³/mol. The monoisotopic (exact) mass is 472 g/mol. The average molecular weight is 473 g/mol. The minimum atomic E-state index is -0.977. The van der Waals surface area contributed by atoms with E-state index in [-0.39, 0.29) is 30.2 Å². The molecule has 2 unspecified atom stereocenters. The Labute approximate surface area is 198 Å². The maximum Gasteiger partial charge on any atom is 0.308 e. The molecule has 3 saturated heterocycles. The lowest BCUT2D eigenvalue weighted by molar-refractivity contribution is -0.149. The highest BCUT2D eigenvalue weighted by Gasteiger charge is 2.74. The lowest BCUT2D eigenvalue weighted by atomic mass is 9.71. The number of hydrogen-bond donors (Lipinski definition) is 2. The van der Waals surface area contributed by atoms with Gasteiger partial charge in [0.15, 0.2) is 0 Å². The summed E-state index contributed by atoms with van der Waals surface area (Å²) < 4.78 is -0.790. The number of rotatable bonds is 8. The molecule has 2 bridgehead atoms. The summed E-state index contributed by atoms with van der Waals surface area (Å²) in [4.78, 5) is 43.4. The van der Waals surface area contributed by atoms with Crippen molar-refractivity contribution in [3.8, 4) is 0 Å². The second-order valence-electron chi connectivity index (χ2n) is 9.41. The van der Waals surface area contributed by atoms with Gasteiger partial charge in [-0.15, -0.1) is 18.3 Å². The van der Waals surface area contributed by atoms with Crippen molar-refractivity contribution in [3.05, 3.63) is 42.0 Å². The van der Waals surface area contributed by atoms with Crippen molar-refractivity contribution in [2.45, 2.75) is 62.1 Å². The van der Waals surface area contributed by atoms with Crippen LogP contribution in [-0.4, -0.2) is 68.1 Å². The molecule has 2 N–H and O–H groups in total. The molecule has 178 valence electrons. The number of benzene rings is 1. The minimum Gasteiger partial charge on any atom is -0.481 e. The van der Waals surface area contributed by atoms with Crippen LogP contribution in [-0.2, 0) is 14.4 Å². The Hall–Kier alpha value is -2.32. The van der Waals surface area contributed by atoms with Crippen molar-refractivity contribution < 1.29 is 24.6 Å². The first kappa shape index (κ1) is 23.8. The lowest BCUT2D eigenvalue weighted by Crippen LogP contribution is -2.57. The number of carbonyl (C=O) groups is 3. The first-order chi connectivity index (χ1) is 15.7. The maximum atomic E-state index is 14.3. The van der Waals surface area contributed by atoms with E-state index in [0.717, 1.165) is 16.8 Å². The molecule has 0 radical (unpaired) electrons. The van der Waals surface area contributed by atoms with Crippen LogP contribution in [0.25, 0.3) is 0 Å². The third kappa shape index (κ3) is 3.49. The van der Waals surface area contributed by atoms with Gasteiger partial charge >= 0.3 is 5.97 Å². The van der Waals surface area contributed by atoms with Crippen LogP contribution in [0.5, 0.6) is 0 Å². The van der Waals surface area contributed by atoms with E-state index in [2.05, 4.69) is 6.58 Å². The molecule has 0 aliphatic carbocycles. The van der Waals surface area contributed by atoms with Gasteiger partial charge in [0.2, 0.25) is 5.91 Å². The van der Waals surface area contributed by atoms with Crippen molar-refractivity contribution in [3.63, 3.8) is 0 Å². The Balaban J connectivity index is 1.85. The molecular weight excluding hydrogens is 440 g/mol. The molecule has 1 spiro atoms. The number of fused-ring (bicyclic) bond motifs is 1. The van der Waals surface area contributed by atoms with Crippen LogP contribution in [0.15, 0.2) is 30.9 Å². The Morgan fingerprint density at radius 2 is 2.12 bits per heavy atom. The number of carboxylic acids is 1. The van der Waals surface area contributed by atoms with E-state index >= 15 is 0 Å². The largest absolute Gasteiger partial charge is 0.481 e. The number of amides is 2. The third-order valence-corrected chi connectivity index (χ3v) is 9.52. The van der Waals surface area contributed by atoms with E-state index in [0.29, 0.717) is 19.3 Å². The summed E-state index contributed by atoms with van der Waals surface area (Å²) in [5.74, 6) is -3.07. The van der Waals surface area contributed by atoms with Crippen LogP contribution in [0.4, 0.5) is 5.69 Å². The van der Waals surface area contributed by atoms with Crippen molar-refractivity contribution in [2.24, 2.45) is 11.8 Å². The van der Waals surface area contributed by atoms with E-state index in [1.54, 1.807) is 11.0 Å². The number of nitrogens with zero attached hydrogens (tertiary/aromatic N) is 2. The number of carbonyl (C=O) groups excluding carboxylic acids is 2. The van der Waals surface area contributed by atoms with Gasteiger partial charge in [0.1, 0.15) is 6.04 Å². The highest BCUT2D eigenvalue weighted by Crippen LogP contribution is 2.66. The zero-order chi connectivity index (χ0) is 24.1. The fourth-order valence-electron chi connectivity index (χ4n) is 6.05. The average Bonchev–Trinajstić information content (AvgIpc) is 3.42. The Morgan fingerprint density at radius 3 is 2.73 bits per heavy atom. The van der Waals surface area contributed by atoms with Crippen molar-refractivity contribution in [2.75, 3.05) is 18.1 Å². The summed E-state index contributed by atoms with van der Waals surface area (Å²) in [5.41, 5.74) is 2.70. The van der Waals surface area contributed by atoms with Crippen LogP contribution < -0.4 is 4.90 Å². The molecule has 1 aromatic carbocycles. The van der Waals surface area contributed by atoms with Gasteiger partial charge in [-0.1, -0.05) is 25.1 Å². The van der Waals surface area contributed by atoms with Gasteiger partial charge in [0.25, 0.3) is 5.91 Å². The number of hydrogen-bond acceptors (Lipinski definition) is 5. The molecule has 3 heterocycles. The number of aliphatic hydroxyl groups is 1. The molecule has 2 amide bonds. The fraction of sp³-hybridized carbons (Fsp3) is 0.560. The molecule has 0 saturated carbocycles. The zero-order valence-electron chi connectivity index (χ0n) is 19.4. The van der Waals surface area contributed by atoms with E-state index in [1.807, 2.05) is 39.0 Å². The quantitative estimate of drug-likeness (QED) is 0.565. The summed E-state index contributed by atoms with van der Waals surface area (Å²) >= 11 is 1.51. The molecule has 3 aliphatic rings. The van der Waals surface area contributed by atoms with Crippen LogP contribution in [0.2, 0.25) is 0 Å². The molecule has 4 rings (SSSR count). The van der Waals surface area contributed by atoms with Gasteiger partial charge in [0.05, 0.1) is 29.2 Å². The van der Waals surface area contributed by atoms with Crippen molar-refractivity contribution in [1.82, 2.24) is 4.90 Å². The summed E-state index contributed by atoms with van der Waals surface area (Å²) in [6.45, 7) is 9.61. The van der Waals surface area contributed by atoms with Crippen LogP contribution in [0.3, 0.4) is 0 Å². The Kier molecular flexibility index (Phi) is 6.35. The second kappa shape index (κ2) is 8.80. The first-order valence-electron chi connectivity index (χ1n) is 11.5. The van der Waals surface area contributed by atoms with E-state index in [4.69, 9.17) is 0 Å². The number of aliphatic hydroxyl groups excluding tert-OH is 1. The highest BCUT2D eigenvalue weighted by atomic mass is 32.2. The fourth-order valence-corrected chi connectivity index (χ4v) is 8.25. The van der Waals surface area contributed by atoms with Gasteiger partial charge in [-0.05, 0) is 50.3 Å². The molecule has 33 heavy (non-hydrogen) atoms. The highest BCUT2D eigenvalue weighted by molar-refractivity contribution is 8.02. The van der Waals surface area contributed by atoms with Gasteiger partial charge in [-0.2, -0.15) is 0 Å². The number of likely N-dealkylation sites (tertiary alicyclic amines) is 1. The number of aryl methyl sites for hydroxylation is 2. The molecule has 7 nitrogen and oxygen atoms in total. The topological polar surface area (TPSA) is 98.2 Å². The van der Waals surface area contributed by atoms with Crippen LogP contribution in [0.1, 0.15) is 37.3 Å². The van der Waals surface area contributed by atoms with Gasteiger partial charge in [-0.3, -0.25) is 14.4 Å². The smallest absolute Gasteiger partial charge is 0.308 e. The molecule has 3 fully saturated rings. The molecule has 8 heteroatoms. The lowest BCUT2D eigenvalue weighted by Gasteiger charge is -2.39. The van der Waals surface area contributed by atoms with E-state index < -0.39 is 34.6 Å².